The van der Waals surface area contributed by atoms with E-state index in [9.17, 15) is 9.90 Å². The van der Waals surface area contributed by atoms with Crippen molar-refractivity contribution >= 4 is 17.6 Å². The Labute approximate surface area is 133 Å². The first kappa shape index (κ1) is 14.9. The summed E-state index contributed by atoms with van der Waals surface area (Å²) >= 11 is 6.07. The molecule has 3 rings (SSSR count). The lowest BCUT2D eigenvalue weighted by molar-refractivity contribution is -0.139. The summed E-state index contributed by atoms with van der Waals surface area (Å²) in [6.45, 7) is 0.531. The highest BCUT2D eigenvalue weighted by Gasteiger charge is 2.37. The highest BCUT2D eigenvalue weighted by atomic mass is 35.5. The molecule has 2 atom stereocenters. The molecule has 5 heteroatoms. The van der Waals surface area contributed by atoms with Gasteiger partial charge in [0.2, 0.25) is 0 Å². The average molecular weight is 318 g/mol. The van der Waals surface area contributed by atoms with Crippen molar-refractivity contribution in [1.29, 1.82) is 0 Å². The summed E-state index contributed by atoms with van der Waals surface area (Å²) in [6.07, 6.45) is 0. The van der Waals surface area contributed by atoms with Crippen LogP contribution in [-0.2, 0) is 4.79 Å². The van der Waals surface area contributed by atoms with Gasteiger partial charge in [-0.3, -0.25) is 4.79 Å². The lowest BCUT2D eigenvalue weighted by Crippen LogP contribution is -2.27. The summed E-state index contributed by atoms with van der Waals surface area (Å²) in [5.74, 6) is -0.606. The predicted octanol–water partition coefficient (Wildman–Crippen LogP) is 3.62. The first-order valence-corrected chi connectivity index (χ1v) is 7.43. The van der Waals surface area contributed by atoms with Crippen molar-refractivity contribution < 1.29 is 14.6 Å². The standard InChI is InChI=1S/C17H16ClNO3/c1-19-9-13-11-4-2-3-5-14(11)22-15-7-6-10(18)8-12(15)16(13)17(20)21/h2-8,13,16,19H,9H2,1H3,(H,20,21)/t13-,16-/m1/s1. The predicted molar refractivity (Wildman–Crippen MR) is 85.0 cm³/mol. The number of rotatable bonds is 3. The number of fused-ring (bicyclic) bond motifs is 2. The van der Waals surface area contributed by atoms with Crippen LogP contribution in [-0.4, -0.2) is 24.7 Å². The molecule has 114 valence electrons. The number of likely N-dealkylation sites (N-methyl/N-ethyl adjacent to an activating group) is 1. The number of ether oxygens (including phenoxy) is 1. The van der Waals surface area contributed by atoms with Crippen LogP contribution >= 0.6 is 11.6 Å². The fraction of sp³-hybridized carbons (Fsp3) is 0.235. The maximum Gasteiger partial charge on any atom is 0.311 e. The van der Waals surface area contributed by atoms with Gasteiger partial charge in [-0.2, -0.15) is 0 Å². The van der Waals surface area contributed by atoms with Crippen molar-refractivity contribution in [1.82, 2.24) is 5.32 Å². The number of carboxylic acid groups (broad SMARTS) is 1. The molecule has 1 aliphatic heterocycles. The zero-order chi connectivity index (χ0) is 15.7. The van der Waals surface area contributed by atoms with E-state index in [0.29, 0.717) is 28.6 Å². The topological polar surface area (TPSA) is 58.6 Å². The molecular weight excluding hydrogens is 302 g/mol. The second-order valence-electron chi connectivity index (χ2n) is 5.30. The third-order valence-electron chi connectivity index (χ3n) is 3.94. The molecule has 0 aliphatic carbocycles. The van der Waals surface area contributed by atoms with Gasteiger partial charge in [0.25, 0.3) is 0 Å². The maximum absolute atomic E-state index is 11.9. The molecule has 0 saturated heterocycles. The Hall–Kier alpha value is -2.04. The van der Waals surface area contributed by atoms with Crippen molar-refractivity contribution in [2.75, 3.05) is 13.6 Å². The van der Waals surface area contributed by atoms with E-state index in [2.05, 4.69) is 5.32 Å². The Balaban J connectivity index is 2.24. The Kier molecular flexibility index (Phi) is 4.05. The molecule has 2 aromatic rings. The van der Waals surface area contributed by atoms with Crippen molar-refractivity contribution in [3.05, 3.63) is 58.6 Å². The van der Waals surface area contributed by atoms with E-state index < -0.39 is 11.9 Å². The fourth-order valence-corrected chi connectivity index (χ4v) is 3.18. The lowest BCUT2D eigenvalue weighted by Gasteiger charge is -2.23. The van der Waals surface area contributed by atoms with Gasteiger partial charge >= 0.3 is 5.97 Å². The molecule has 0 fully saturated rings. The smallest absolute Gasteiger partial charge is 0.311 e. The van der Waals surface area contributed by atoms with Gasteiger partial charge in [-0.15, -0.1) is 0 Å². The third-order valence-corrected chi connectivity index (χ3v) is 4.17. The molecule has 2 aromatic carbocycles. The average Bonchev–Trinajstić information content (AvgIpc) is 2.62. The van der Waals surface area contributed by atoms with Gasteiger partial charge in [-0.1, -0.05) is 29.8 Å². The minimum Gasteiger partial charge on any atom is -0.481 e. The number of aliphatic carboxylic acids is 1. The van der Waals surface area contributed by atoms with Gasteiger partial charge in [0.05, 0.1) is 5.92 Å². The Morgan fingerprint density at radius 1 is 1.23 bits per heavy atom. The van der Waals surface area contributed by atoms with E-state index in [1.807, 2.05) is 31.3 Å². The first-order chi connectivity index (χ1) is 10.6. The highest BCUT2D eigenvalue weighted by molar-refractivity contribution is 6.30. The van der Waals surface area contributed by atoms with Crippen molar-refractivity contribution in [2.24, 2.45) is 0 Å². The van der Waals surface area contributed by atoms with Crippen LogP contribution in [0.5, 0.6) is 11.5 Å². The second kappa shape index (κ2) is 5.99. The number of benzene rings is 2. The molecule has 1 heterocycles. The molecule has 0 aromatic heterocycles. The van der Waals surface area contributed by atoms with Crippen LogP contribution in [0, 0.1) is 0 Å². The summed E-state index contributed by atoms with van der Waals surface area (Å²) in [5, 5.41) is 13.4. The van der Waals surface area contributed by atoms with Crippen LogP contribution < -0.4 is 10.1 Å². The number of carboxylic acids is 1. The molecule has 4 nitrogen and oxygen atoms in total. The van der Waals surface area contributed by atoms with Crippen LogP contribution in [0.15, 0.2) is 42.5 Å². The van der Waals surface area contributed by atoms with Crippen molar-refractivity contribution in [3.63, 3.8) is 0 Å². The molecule has 0 saturated carbocycles. The van der Waals surface area contributed by atoms with Gasteiger partial charge in [0.15, 0.2) is 0 Å². The Morgan fingerprint density at radius 2 is 1.95 bits per heavy atom. The fourth-order valence-electron chi connectivity index (χ4n) is 3.00. The normalized spacial score (nSPS) is 19.5. The molecule has 0 amide bonds. The first-order valence-electron chi connectivity index (χ1n) is 7.05. The van der Waals surface area contributed by atoms with Crippen LogP contribution in [0.2, 0.25) is 5.02 Å². The van der Waals surface area contributed by atoms with Crippen LogP contribution in [0.25, 0.3) is 0 Å². The highest BCUT2D eigenvalue weighted by Crippen LogP contribution is 2.46. The number of carbonyl (C=O) groups is 1. The van der Waals surface area contributed by atoms with Gasteiger partial charge in [-0.05, 0) is 31.3 Å². The zero-order valence-electron chi connectivity index (χ0n) is 12.0. The minimum absolute atomic E-state index is 0.238. The molecule has 2 N–H and O–H groups in total. The molecule has 22 heavy (non-hydrogen) atoms. The Morgan fingerprint density at radius 3 is 2.68 bits per heavy atom. The zero-order valence-corrected chi connectivity index (χ0v) is 12.8. The third kappa shape index (κ3) is 2.56. The van der Waals surface area contributed by atoms with E-state index in [4.69, 9.17) is 16.3 Å². The van der Waals surface area contributed by atoms with Crippen molar-refractivity contribution in [2.45, 2.75) is 11.8 Å². The number of halogens is 1. The van der Waals surface area contributed by atoms with Crippen LogP contribution in [0.1, 0.15) is 23.0 Å². The largest absolute Gasteiger partial charge is 0.481 e. The molecule has 0 unspecified atom stereocenters. The summed E-state index contributed by atoms with van der Waals surface area (Å²) < 4.78 is 5.96. The maximum atomic E-state index is 11.9. The summed E-state index contributed by atoms with van der Waals surface area (Å²) in [7, 11) is 1.81. The molecular formula is C17H16ClNO3. The van der Waals surface area contributed by atoms with Gasteiger partial charge < -0.3 is 15.2 Å². The molecule has 0 radical (unpaired) electrons. The SMILES string of the molecule is CNC[C@@H]1c2ccccc2Oc2ccc(Cl)cc2[C@H]1C(=O)O. The number of nitrogens with one attached hydrogen (secondary N) is 1. The van der Waals surface area contributed by atoms with E-state index >= 15 is 0 Å². The summed E-state index contributed by atoms with van der Waals surface area (Å²) in [4.78, 5) is 11.9. The molecule has 0 bridgehead atoms. The van der Waals surface area contributed by atoms with E-state index in [1.165, 1.54) is 0 Å². The molecule has 0 spiro atoms. The monoisotopic (exact) mass is 317 g/mol. The van der Waals surface area contributed by atoms with E-state index in [0.717, 1.165) is 5.56 Å². The summed E-state index contributed by atoms with van der Waals surface area (Å²) in [6, 6.07) is 12.7. The van der Waals surface area contributed by atoms with Gasteiger partial charge in [0.1, 0.15) is 11.5 Å². The van der Waals surface area contributed by atoms with E-state index in [1.54, 1.807) is 18.2 Å². The van der Waals surface area contributed by atoms with Crippen LogP contribution in [0.4, 0.5) is 0 Å². The van der Waals surface area contributed by atoms with Crippen LogP contribution in [0.3, 0.4) is 0 Å². The minimum atomic E-state index is -0.885. The quantitative estimate of drug-likeness (QED) is 0.908. The molecule has 1 aliphatic rings. The van der Waals surface area contributed by atoms with Gasteiger partial charge in [0, 0.05) is 28.6 Å². The second-order valence-corrected chi connectivity index (χ2v) is 5.74. The summed E-state index contributed by atoms with van der Waals surface area (Å²) in [5.41, 5.74) is 1.49. The Bertz CT molecular complexity index is 717. The number of hydrogen-bond donors (Lipinski definition) is 2. The number of hydrogen-bond acceptors (Lipinski definition) is 3. The number of para-hydroxylation sites is 1. The van der Waals surface area contributed by atoms with Crippen molar-refractivity contribution in [3.8, 4) is 11.5 Å². The van der Waals surface area contributed by atoms with E-state index in [-0.39, 0.29) is 5.92 Å². The van der Waals surface area contributed by atoms with Gasteiger partial charge in [-0.25, -0.2) is 0 Å². The lowest BCUT2D eigenvalue weighted by atomic mass is 9.81.